The molecule has 0 radical (unpaired) electrons. The Morgan fingerprint density at radius 2 is 2.38 bits per heavy atom. The molecule has 0 amide bonds. The molecule has 0 aliphatic carbocycles. The van der Waals surface area contributed by atoms with Gasteiger partial charge in [0, 0.05) is 10.9 Å². The lowest BCUT2D eigenvalue weighted by Gasteiger charge is -2.18. The lowest BCUT2D eigenvalue weighted by molar-refractivity contribution is 0.171. The zero-order chi connectivity index (χ0) is 9.47. The average molecular weight is 239 g/mol. The van der Waals surface area contributed by atoms with Gasteiger partial charge >= 0.3 is 0 Å². The molecule has 0 fully saturated rings. The van der Waals surface area contributed by atoms with Gasteiger partial charge in [-0.25, -0.2) is 0 Å². The number of benzene rings is 1. The molecule has 0 aromatic heterocycles. The standard InChI is InChI=1S/C11H11BrO/c1-3-11(2)7-8-6-9(12)4-5-10(8)13-11/h3-6H,1,7H2,2H3. The Labute approximate surface area is 86.5 Å². The second-order valence-electron chi connectivity index (χ2n) is 3.55. The fourth-order valence-corrected chi connectivity index (χ4v) is 1.97. The molecular weight excluding hydrogens is 228 g/mol. The summed E-state index contributed by atoms with van der Waals surface area (Å²) in [6, 6.07) is 6.09. The topological polar surface area (TPSA) is 9.23 Å². The molecule has 0 saturated heterocycles. The van der Waals surface area contributed by atoms with Gasteiger partial charge in [0.1, 0.15) is 11.4 Å². The molecule has 2 heteroatoms. The third kappa shape index (κ3) is 1.51. The lowest BCUT2D eigenvalue weighted by Crippen LogP contribution is -2.26. The van der Waals surface area contributed by atoms with Crippen LogP contribution in [0.5, 0.6) is 5.75 Å². The second kappa shape index (κ2) is 2.88. The van der Waals surface area contributed by atoms with E-state index in [9.17, 15) is 0 Å². The molecule has 1 aliphatic rings. The monoisotopic (exact) mass is 238 g/mol. The SMILES string of the molecule is C=CC1(C)Cc2cc(Br)ccc2O1. The summed E-state index contributed by atoms with van der Waals surface area (Å²) >= 11 is 3.44. The summed E-state index contributed by atoms with van der Waals surface area (Å²) in [4.78, 5) is 0. The van der Waals surface area contributed by atoms with Crippen LogP contribution >= 0.6 is 15.9 Å². The van der Waals surface area contributed by atoms with Crippen LogP contribution in [0.3, 0.4) is 0 Å². The Bertz CT molecular complexity index is 359. The molecule has 0 bridgehead atoms. The fourth-order valence-electron chi connectivity index (χ4n) is 1.57. The summed E-state index contributed by atoms with van der Waals surface area (Å²) in [6.07, 6.45) is 2.77. The highest BCUT2D eigenvalue weighted by molar-refractivity contribution is 9.10. The summed E-state index contributed by atoms with van der Waals surface area (Å²) in [5, 5.41) is 0. The van der Waals surface area contributed by atoms with Crippen molar-refractivity contribution >= 4 is 15.9 Å². The van der Waals surface area contributed by atoms with Crippen molar-refractivity contribution < 1.29 is 4.74 Å². The molecule has 1 nitrogen and oxygen atoms in total. The Kier molecular flexibility index (Phi) is 1.95. The smallest absolute Gasteiger partial charge is 0.128 e. The third-order valence-corrected chi connectivity index (χ3v) is 2.83. The van der Waals surface area contributed by atoms with Crippen molar-refractivity contribution in [2.75, 3.05) is 0 Å². The number of ether oxygens (including phenoxy) is 1. The number of hydrogen-bond donors (Lipinski definition) is 0. The summed E-state index contributed by atoms with van der Waals surface area (Å²) in [7, 11) is 0. The molecule has 1 aliphatic heterocycles. The average Bonchev–Trinajstić information content (AvgIpc) is 2.42. The minimum absolute atomic E-state index is 0.219. The number of hydrogen-bond acceptors (Lipinski definition) is 1. The van der Waals surface area contributed by atoms with Crippen LogP contribution in [-0.4, -0.2) is 5.60 Å². The highest BCUT2D eigenvalue weighted by Gasteiger charge is 2.31. The van der Waals surface area contributed by atoms with Crippen molar-refractivity contribution in [1.29, 1.82) is 0 Å². The molecule has 13 heavy (non-hydrogen) atoms. The second-order valence-corrected chi connectivity index (χ2v) is 4.46. The molecule has 68 valence electrons. The van der Waals surface area contributed by atoms with Crippen LogP contribution < -0.4 is 4.74 Å². The molecule has 0 N–H and O–H groups in total. The van der Waals surface area contributed by atoms with E-state index in [-0.39, 0.29) is 5.60 Å². The van der Waals surface area contributed by atoms with Crippen molar-refractivity contribution in [1.82, 2.24) is 0 Å². The predicted octanol–water partition coefficient (Wildman–Crippen LogP) is 3.33. The summed E-state index contributed by atoms with van der Waals surface area (Å²) in [5.74, 6) is 0.977. The quantitative estimate of drug-likeness (QED) is 0.683. The highest BCUT2D eigenvalue weighted by Crippen LogP contribution is 2.36. The van der Waals surface area contributed by atoms with Crippen LogP contribution in [0.4, 0.5) is 0 Å². The Balaban J connectivity index is 2.40. The first-order valence-corrected chi connectivity index (χ1v) is 5.03. The van der Waals surface area contributed by atoms with Gasteiger partial charge in [-0.3, -0.25) is 0 Å². The van der Waals surface area contributed by atoms with Gasteiger partial charge in [-0.2, -0.15) is 0 Å². The molecule has 1 heterocycles. The molecule has 2 rings (SSSR count). The van der Waals surface area contributed by atoms with E-state index >= 15 is 0 Å². The van der Waals surface area contributed by atoms with Crippen molar-refractivity contribution in [3.05, 3.63) is 40.9 Å². The Hall–Kier alpha value is -0.760. The molecule has 0 saturated carbocycles. The van der Waals surface area contributed by atoms with Gasteiger partial charge in [0.2, 0.25) is 0 Å². The Morgan fingerprint density at radius 3 is 3.08 bits per heavy atom. The van der Waals surface area contributed by atoms with Gasteiger partial charge in [-0.05, 0) is 36.8 Å². The van der Waals surface area contributed by atoms with Gasteiger partial charge < -0.3 is 4.74 Å². The maximum atomic E-state index is 5.76. The number of fused-ring (bicyclic) bond motifs is 1. The molecule has 1 unspecified atom stereocenters. The minimum Gasteiger partial charge on any atom is -0.483 e. The minimum atomic E-state index is -0.219. The number of rotatable bonds is 1. The van der Waals surface area contributed by atoms with E-state index in [2.05, 4.69) is 28.6 Å². The molecular formula is C11H11BrO. The molecule has 1 aromatic carbocycles. The normalized spacial score (nSPS) is 25.1. The Morgan fingerprint density at radius 1 is 1.62 bits per heavy atom. The van der Waals surface area contributed by atoms with Crippen LogP contribution in [0, 0.1) is 0 Å². The largest absolute Gasteiger partial charge is 0.483 e. The van der Waals surface area contributed by atoms with Crippen LogP contribution in [0.2, 0.25) is 0 Å². The first-order chi connectivity index (χ1) is 6.13. The zero-order valence-electron chi connectivity index (χ0n) is 7.51. The van der Waals surface area contributed by atoms with Crippen LogP contribution in [-0.2, 0) is 6.42 Å². The molecule has 1 aromatic rings. The number of halogens is 1. The van der Waals surface area contributed by atoms with Gasteiger partial charge in [0.25, 0.3) is 0 Å². The van der Waals surface area contributed by atoms with Crippen LogP contribution in [0.15, 0.2) is 35.3 Å². The first kappa shape index (κ1) is 8.82. The summed E-state index contributed by atoms with van der Waals surface area (Å²) < 4.78 is 6.86. The van der Waals surface area contributed by atoms with E-state index in [1.807, 2.05) is 25.1 Å². The van der Waals surface area contributed by atoms with Gasteiger partial charge in [-0.1, -0.05) is 22.5 Å². The van der Waals surface area contributed by atoms with Gasteiger partial charge in [0.15, 0.2) is 0 Å². The van der Waals surface area contributed by atoms with Crippen molar-refractivity contribution in [3.8, 4) is 5.75 Å². The van der Waals surface area contributed by atoms with E-state index < -0.39 is 0 Å². The van der Waals surface area contributed by atoms with E-state index in [1.165, 1.54) is 5.56 Å². The van der Waals surface area contributed by atoms with Crippen molar-refractivity contribution in [2.45, 2.75) is 18.9 Å². The third-order valence-electron chi connectivity index (χ3n) is 2.34. The zero-order valence-corrected chi connectivity index (χ0v) is 9.10. The maximum absolute atomic E-state index is 5.76. The van der Waals surface area contributed by atoms with Crippen molar-refractivity contribution in [3.63, 3.8) is 0 Å². The first-order valence-electron chi connectivity index (χ1n) is 4.24. The lowest BCUT2D eigenvalue weighted by atomic mass is 10.00. The highest BCUT2D eigenvalue weighted by atomic mass is 79.9. The van der Waals surface area contributed by atoms with E-state index in [0.29, 0.717) is 0 Å². The van der Waals surface area contributed by atoms with E-state index in [1.54, 1.807) is 0 Å². The van der Waals surface area contributed by atoms with Crippen molar-refractivity contribution in [2.24, 2.45) is 0 Å². The molecule has 0 spiro atoms. The van der Waals surface area contributed by atoms with E-state index in [0.717, 1.165) is 16.6 Å². The van der Waals surface area contributed by atoms with Crippen LogP contribution in [0.25, 0.3) is 0 Å². The summed E-state index contributed by atoms with van der Waals surface area (Å²) in [6.45, 7) is 5.83. The maximum Gasteiger partial charge on any atom is 0.128 e. The molecule has 1 atom stereocenters. The van der Waals surface area contributed by atoms with Crippen LogP contribution in [0.1, 0.15) is 12.5 Å². The van der Waals surface area contributed by atoms with Gasteiger partial charge in [-0.15, -0.1) is 0 Å². The fraction of sp³-hybridized carbons (Fsp3) is 0.273. The predicted molar refractivity (Wildman–Crippen MR) is 57.1 cm³/mol. The van der Waals surface area contributed by atoms with E-state index in [4.69, 9.17) is 4.74 Å². The van der Waals surface area contributed by atoms with Gasteiger partial charge in [0.05, 0.1) is 0 Å². The summed E-state index contributed by atoms with van der Waals surface area (Å²) in [5.41, 5.74) is 1.03.